The lowest BCUT2D eigenvalue weighted by molar-refractivity contribution is 0.0935. The predicted octanol–water partition coefficient (Wildman–Crippen LogP) is 2.98. The molecule has 1 N–H and O–H groups in total. The molecule has 1 aliphatic heterocycles. The maximum absolute atomic E-state index is 13.0. The first-order chi connectivity index (χ1) is 11.9. The number of rotatable bonds is 5. The van der Waals surface area contributed by atoms with Crippen molar-refractivity contribution in [3.63, 3.8) is 0 Å². The van der Waals surface area contributed by atoms with Crippen LogP contribution in [0.2, 0.25) is 0 Å². The first-order valence-corrected chi connectivity index (χ1v) is 8.77. The molecule has 0 fully saturated rings. The van der Waals surface area contributed by atoms with Crippen LogP contribution in [-0.4, -0.2) is 33.4 Å². The number of fused-ring (bicyclic) bond motifs is 1. The van der Waals surface area contributed by atoms with Crippen LogP contribution in [-0.2, 0) is 13.1 Å². The van der Waals surface area contributed by atoms with E-state index >= 15 is 0 Å². The third kappa shape index (κ3) is 4.25. The van der Waals surface area contributed by atoms with Crippen LogP contribution < -0.4 is 5.32 Å². The van der Waals surface area contributed by atoms with E-state index in [0.717, 1.165) is 37.6 Å². The molecule has 2 aromatic rings. The van der Waals surface area contributed by atoms with Crippen molar-refractivity contribution in [3.8, 4) is 0 Å². The van der Waals surface area contributed by atoms with Crippen molar-refractivity contribution in [1.82, 2.24) is 19.8 Å². The Kier molecular flexibility index (Phi) is 5.18. The average Bonchev–Trinajstić information content (AvgIpc) is 2.98. The van der Waals surface area contributed by atoms with Crippen molar-refractivity contribution in [3.05, 3.63) is 53.4 Å². The lowest BCUT2D eigenvalue weighted by Gasteiger charge is -2.28. The summed E-state index contributed by atoms with van der Waals surface area (Å²) in [5.41, 5.74) is 1.30. The van der Waals surface area contributed by atoms with Crippen molar-refractivity contribution in [1.29, 1.82) is 0 Å². The first-order valence-electron chi connectivity index (χ1n) is 8.77. The van der Waals surface area contributed by atoms with E-state index in [-0.39, 0.29) is 17.8 Å². The molecule has 5 nitrogen and oxygen atoms in total. The first kappa shape index (κ1) is 17.6. The number of carbonyl (C=O) groups excluding carboxylic acids is 1. The van der Waals surface area contributed by atoms with Gasteiger partial charge in [-0.1, -0.05) is 26.0 Å². The topological polar surface area (TPSA) is 50.2 Å². The highest BCUT2D eigenvalue weighted by Crippen LogP contribution is 2.16. The van der Waals surface area contributed by atoms with Gasteiger partial charge in [-0.05, 0) is 30.5 Å². The molecule has 1 aliphatic rings. The largest absolute Gasteiger partial charge is 0.344 e. The number of nitrogens with zero attached hydrogens (tertiary/aromatic N) is 3. The van der Waals surface area contributed by atoms with E-state index in [1.54, 1.807) is 12.1 Å². The van der Waals surface area contributed by atoms with Crippen molar-refractivity contribution < 1.29 is 9.18 Å². The van der Waals surface area contributed by atoms with Gasteiger partial charge in [-0.3, -0.25) is 9.69 Å². The minimum Gasteiger partial charge on any atom is -0.344 e. The van der Waals surface area contributed by atoms with Gasteiger partial charge in [0.2, 0.25) is 0 Å². The molecule has 25 heavy (non-hydrogen) atoms. The molecule has 2 heterocycles. The van der Waals surface area contributed by atoms with E-state index in [2.05, 4.69) is 33.6 Å². The number of aromatic nitrogens is 2. The number of carbonyl (C=O) groups is 1. The van der Waals surface area contributed by atoms with E-state index in [0.29, 0.717) is 11.6 Å². The van der Waals surface area contributed by atoms with Crippen molar-refractivity contribution in [2.24, 2.45) is 5.92 Å². The monoisotopic (exact) mass is 344 g/mol. The summed E-state index contributed by atoms with van der Waals surface area (Å²) in [7, 11) is 0. The summed E-state index contributed by atoms with van der Waals surface area (Å²) in [6.07, 6.45) is 1.83. The molecule has 0 spiro atoms. The van der Waals surface area contributed by atoms with Gasteiger partial charge < -0.3 is 9.88 Å². The lowest BCUT2D eigenvalue weighted by atomic mass is 10.1. The molecule has 134 valence electrons. The van der Waals surface area contributed by atoms with Crippen LogP contribution in [0.4, 0.5) is 4.39 Å². The zero-order valence-electron chi connectivity index (χ0n) is 15.0. The Labute approximate surface area is 147 Å². The third-order valence-electron chi connectivity index (χ3n) is 4.45. The maximum atomic E-state index is 13.0. The summed E-state index contributed by atoms with van der Waals surface area (Å²) in [6.45, 7) is 9.94. The number of halogens is 1. The molecule has 1 amide bonds. The Morgan fingerprint density at radius 3 is 2.64 bits per heavy atom. The van der Waals surface area contributed by atoms with Crippen LogP contribution in [0.3, 0.4) is 0 Å². The van der Waals surface area contributed by atoms with E-state index in [4.69, 9.17) is 0 Å². The summed E-state index contributed by atoms with van der Waals surface area (Å²) in [6, 6.07) is 5.96. The van der Waals surface area contributed by atoms with Crippen LogP contribution >= 0.6 is 0 Å². The van der Waals surface area contributed by atoms with Crippen molar-refractivity contribution in [2.45, 2.75) is 39.9 Å². The molecule has 1 aromatic heterocycles. The number of nitrogens with one attached hydrogen (secondary N) is 1. The van der Waals surface area contributed by atoms with Gasteiger partial charge in [0.05, 0.1) is 12.6 Å². The lowest BCUT2D eigenvalue weighted by Crippen LogP contribution is -2.35. The van der Waals surface area contributed by atoms with Crippen LogP contribution in [0.5, 0.6) is 0 Å². The molecule has 0 aliphatic carbocycles. The molecular weight excluding hydrogens is 319 g/mol. The van der Waals surface area contributed by atoms with E-state index in [1.807, 2.05) is 13.1 Å². The van der Waals surface area contributed by atoms with Crippen LogP contribution in [0.1, 0.15) is 48.7 Å². The minimum atomic E-state index is -0.282. The van der Waals surface area contributed by atoms with Crippen LogP contribution in [0.25, 0.3) is 0 Å². The molecule has 6 heteroatoms. The Hall–Kier alpha value is -2.21. The highest BCUT2D eigenvalue weighted by Gasteiger charge is 2.22. The Morgan fingerprint density at radius 1 is 1.24 bits per heavy atom. The molecule has 0 radical (unpaired) electrons. The Balaban J connectivity index is 1.65. The van der Waals surface area contributed by atoms with Gasteiger partial charge in [0.15, 0.2) is 0 Å². The highest BCUT2D eigenvalue weighted by molar-refractivity contribution is 5.92. The highest BCUT2D eigenvalue weighted by atomic mass is 19.1. The third-order valence-corrected chi connectivity index (χ3v) is 4.45. The fourth-order valence-electron chi connectivity index (χ4n) is 3.19. The maximum Gasteiger partial charge on any atom is 0.271 e. The summed E-state index contributed by atoms with van der Waals surface area (Å²) in [5.74, 6) is 1.07. The summed E-state index contributed by atoms with van der Waals surface area (Å²) >= 11 is 0. The molecule has 1 atom stereocenters. The number of imidazole rings is 1. The molecule has 0 bridgehead atoms. The van der Waals surface area contributed by atoms with Crippen molar-refractivity contribution in [2.75, 3.05) is 13.1 Å². The van der Waals surface area contributed by atoms with Crippen molar-refractivity contribution >= 4 is 5.91 Å². The Morgan fingerprint density at radius 2 is 1.96 bits per heavy atom. The van der Waals surface area contributed by atoms with E-state index in [9.17, 15) is 9.18 Å². The second kappa shape index (κ2) is 7.35. The zero-order chi connectivity index (χ0) is 18.0. The molecular formula is C19H25FN4O. The normalized spacial score (nSPS) is 15.9. The quantitative estimate of drug-likeness (QED) is 0.907. The molecule has 0 saturated carbocycles. The summed E-state index contributed by atoms with van der Waals surface area (Å²) in [4.78, 5) is 19.4. The zero-order valence-corrected chi connectivity index (χ0v) is 15.0. The second-order valence-electron chi connectivity index (χ2n) is 7.11. The second-order valence-corrected chi connectivity index (χ2v) is 7.11. The standard InChI is InChI=1S/C19H25FN4O/c1-13(2)10-23-8-9-24-11-17(22-18(24)12-23)19(25)21-14(3)15-4-6-16(20)7-5-15/h4-7,11,13-14H,8-10,12H2,1-3H3,(H,21,25). The molecule has 0 saturated heterocycles. The van der Waals surface area contributed by atoms with E-state index in [1.165, 1.54) is 12.1 Å². The van der Waals surface area contributed by atoms with Gasteiger partial charge in [0.25, 0.3) is 5.91 Å². The van der Waals surface area contributed by atoms with Crippen LogP contribution in [0, 0.1) is 11.7 Å². The van der Waals surface area contributed by atoms with Crippen LogP contribution in [0.15, 0.2) is 30.5 Å². The fourth-order valence-corrected chi connectivity index (χ4v) is 3.19. The molecule has 1 unspecified atom stereocenters. The van der Waals surface area contributed by atoms with Gasteiger partial charge >= 0.3 is 0 Å². The molecule has 1 aromatic carbocycles. The molecule has 3 rings (SSSR count). The Bertz CT molecular complexity index is 738. The van der Waals surface area contributed by atoms with Gasteiger partial charge in [-0.2, -0.15) is 0 Å². The number of hydrogen-bond acceptors (Lipinski definition) is 3. The average molecular weight is 344 g/mol. The summed E-state index contributed by atoms with van der Waals surface area (Å²) in [5, 5.41) is 2.93. The fraction of sp³-hybridized carbons (Fsp3) is 0.474. The van der Waals surface area contributed by atoms with E-state index < -0.39 is 0 Å². The van der Waals surface area contributed by atoms with Gasteiger partial charge in [0, 0.05) is 25.8 Å². The summed E-state index contributed by atoms with van der Waals surface area (Å²) < 4.78 is 15.1. The van der Waals surface area contributed by atoms with Gasteiger partial charge in [-0.25, -0.2) is 9.37 Å². The van der Waals surface area contributed by atoms with Gasteiger partial charge in [0.1, 0.15) is 17.3 Å². The smallest absolute Gasteiger partial charge is 0.271 e. The van der Waals surface area contributed by atoms with Gasteiger partial charge in [-0.15, -0.1) is 0 Å². The SMILES string of the molecule is CC(C)CN1CCn2cc(C(=O)NC(C)c3ccc(F)cc3)nc2C1. The number of amides is 1. The number of hydrogen-bond donors (Lipinski definition) is 1. The predicted molar refractivity (Wildman–Crippen MR) is 94.6 cm³/mol. The minimum absolute atomic E-state index is 0.200. The number of benzene rings is 1.